The van der Waals surface area contributed by atoms with E-state index in [9.17, 15) is 9.18 Å². The summed E-state index contributed by atoms with van der Waals surface area (Å²) in [5, 5.41) is 3.45. The van der Waals surface area contributed by atoms with Crippen molar-refractivity contribution in [1.29, 1.82) is 0 Å². The van der Waals surface area contributed by atoms with Gasteiger partial charge in [0.1, 0.15) is 5.82 Å². The van der Waals surface area contributed by atoms with Gasteiger partial charge in [0.2, 0.25) is 5.91 Å². The predicted molar refractivity (Wildman–Crippen MR) is 90.8 cm³/mol. The fraction of sp³-hybridized carbons (Fsp3) is 0.118. The molecule has 2 aromatic heterocycles. The van der Waals surface area contributed by atoms with Gasteiger partial charge in [0.25, 0.3) is 0 Å². The molecule has 0 spiro atoms. The number of hydrogen-bond donors (Lipinski definition) is 2. The van der Waals surface area contributed by atoms with Gasteiger partial charge in [-0.25, -0.2) is 9.37 Å². The SMILES string of the molecule is O=C(CSc1ncc(-c2ccc(F)cc2)[nH]1)NCc1ccccn1. The summed E-state index contributed by atoms with van der Waals surface area (Å²) in [6.45, 7) is 0.402. The molecule has 1 amide bonds. The van der Waals surface area contributed by atoms with Gasteiger partial charge in [-0.15, -0.1) is 0 Å². The number of rotatable bonds is 6. The van der Waals surface area contributed by atoms with Crippen LogP contribution in [-0.4, -0.2) is 26.6 Å². The van der Waals surface area contributed by atoms with Crippen LogP contribution in [0, 0.1) is 5.82 Å². The van der Waals surface area contributed by atoms with Crippen molar-refractivity contribution in [2.45, 2.75) is 11.7 Å². The van der Waals surface area contributed by atoms with Crippen LogP contribution in [-0.2, 0) is 11.3 Å². The molecule has 3 rings (SSSR count). The summed E-state index contributed by atoms with van der Waals surface area (Å²) in [4.78, 5) is 23.3. The largest absolute Gasteiger partial charge is 0.350 e. The minimum Gasteiger partial charge on any atom is -0.350 e. The zero-order valence-corrected chi connectivity index (χ0v) is 13.5. The molecule has 24 heavy (non-hydrogen) atoms. The van der Waals surface area contributed by atoms with Crippen LogP contribution in [0.2, 0.25) is 0 Å². The van der Waals surface area contributed by atoms with Gasteiger partial charge in [-0.3, -0.25) is 9.78 Å². The third-order valence-corrected chi connectivity index (χ3v) is 4.13. The lowest BCUT2D eigenvalue weighted by molar-refractivity contribution is -0.118. The number of carbonyl (C=O) groups excluding carboxylic acids is 1. The second kappa shape index (κ2) is 7.74. The highest BCUT2D eigenvalue weighted by Gasteiger charge is 2.07. The number of pyridine rings is 1. The van der Waals surface area contributed by atoms with Crippen molar-refractivity contribution in [1.82, 2.24) is 20.3 Å². The van der Waals surface area contributed by atoms with Crippen molar-refractivity contribution in [2.24, 2.45) is 0 Å². The van der Waals surface area contributed by atoms with E-state index in [1.165, 1.54) is 23.9 Å². The van der Waals surface area contributed by atoms with Crippen LogP contribution >= 0.6 is 11.8 Å². The summed E-state index contributed by atoms with van der Waals surface area (Å²) >= 11 is 1.31. The van der Waals surface area contributed by atoms with E-state index < -0.39 is 0 Å². The molecule has 1 aromatic carbocycles. The maximum absolute atomic E-state index is 12.9. The third-order valence-electron chi connectivity index (χ3n) is 3.24. The van der Waals surface area contributed by atoms with E-state index in [4.69, 9.17) is 0 Å². The molecule has 0 aliphatic heterocycles. The highest BCUT2D eigenvalue weighted by molar-refractivity contribution is 7.99. The second-order valence-electron chi connectivity index (χ2n) is 5.00. The average molecular weight is 342 g/mol. The van der Waals surface area contributed by atoms with Crippen molar-refractivity contribution >= 4 is 17.7 Å². The molecule has 7 heteroatoms. The van der Waals surface area contributed by atoms with Crippen molar-refractivity contribution in [3.63, 3.8) is 0 Å². The molecule has 0 fully saturated rings. The second-order valence-corrected chi connectivity index (χ2v) is 5.96. The molecule has 0 atom stereocenters. The van der Waals surface area contributed by atoms with Crippen molar-refractivity contribution in [3.05, 3.63) is 66.4 Å². The van der Waals surface area contributed by atoms with E-state index in [2.05, 4.69) is 20.3 Å². The zero-order valence-electron chi connectivity index (χ0n) is 12.7. The Morgan fingerprint density at radius 3 is 2.75 bits per heavy atom. The molecule has 2 N–H and O–H groups in total. The number of amides is 1. The number of nitrogens with zero attached hydrogens (tertiary/aromatic N) is 2. The molecular weight excluding hydrogens is 327 g/mol. The molecule has 0 radical (unpaired) electrons. The number of H-pyrrole nitrogens is 1. The summed E-state index contributed by atoms with van der Waals surface area (Å²) < 4.78 is 12.9. The van der Waals surface area contributed by atoms with Crippen molar-refractivity contribution in [2.75, 3.05) is 5.75 Å². The van der Waals surface area contributed by atoms with Gasteiger partial charge < -0.3 is 10.3 Å². The maximum atomic E-state index is 12.9. The number of benzene rings is 1. The van der Waals surface area contributed by atoms with Gasteiger partial charge in [0.15, 0.2) is 5.16 Å². The lowest BCUT2D eigenvalue weighted by Gasteiger charge is -2.03. The minimum atomic E-state index is -0.280. The Hall–Kier alpha value is -2.67. The van der Waals surface area contributed by atoms with E-state index in [-0.39, 0.29) is 17.5 Å². The lowest BCUT2D eigenvalue weighted by Crippen LogP contribution is -2.25. The summed E-state index contributed by atoms with van der Waals surface area (Å²) in [6, 6.07) is 11.7. The Bertz CT molecular complexity index is 805. The molecule has 122 valence electrons. The molecular formula is C17H15FN4OS. The number of halogens is 1. The molecule has 3 aromatic rings. The highest BCUT2D eigenvalue weighted by Crippen LogP contribution is 2.21. The topological polar surface area (TPSA) is 70.7 Å². The van der Waals surface area contributed by atoms with Gasteiger partial charge in [0.05, 0.1) is 29.9 Å². The van der Waals surface area contributed by atoms with E-state index >= 15 is 0 Å². The van der Waals surface area contributed by atoms with Gasteiger partial charge in [-0.1, -0.05) is 17.8 Å². The van der Waals surface area contributed by atoms with E-state index in [1.54, 1.807) is 24.5 Å². The number of thioether (sulfide) groups is 1. The average Bonchev–Trinajstić information content (AvgIpc) is 3.09. The van der Waals surface area contributed by atoms with Gasteiger partial charge >= 0.3 is 0 Å². The number of imidazole rings is 1. The Labute approximate surface area is 142 Å². The standard InChI is InChI=1S/C17H15FN4OS/c18-13-6-4-12(5-7-13)15-10-21-17(22-15)24-11-16(23)20-9-14-3-1-2-8-19-14/h1-8,10H,9,11H2,(H,20,23)(H,21,22). The van der Waals surface area contributed by atoms with Crippen LogP contribution < -0.4 is 5.32 Å². The van der Waals surface area contributed by atoms with Crippen molar-refractivity contribution in [3.8, 4) is 11.3 Å². The van der Waals surface area contributed by atoms with E-state index in [0.29, 0.717) is 11.7 Å². The summed E-state index contributed by atoms with van der Waals surface area (Å²) in [5.41, 5.74) is 2.44. The number of aromatic amines is 1. The monoisotopic (exact) mass is 342 g/mol. The van der Waals surface area contributed by atoms with Crippen LogP contribution in [0.5, 0.6) is 0 Å². The first-order chi connectivity index (χ1) is 11.7. The molecule has 0 aliphatic carbocycles. The molecule has 0 saturated carbocycles. The fourth-order valence-corrected chi connectivity index (χ4v) is 2.71. The fourth-order valence-electron chi connectivity index (χ4n) is 2.03. The van der Waals surface area contributed by atoms with Crippen LogP contribution in [0.25, 0.3) is 11.3 Å². The highest BCUT2D eigenvalue weighted by atomic mass is 32.2. The lowest BCUT2D eigenvalue weighted by atomic mass is 10.2. The number of nitrogens with one attached hydrogen (secondary N) is 2. The number of carbonyl (C=O) groups is 1. The first kappa shape index (κ1) is 16.2. The Morgan fingerprint density at radius 1 is 1.17 bits per heavy atom. The van der Waals surface area contributed by atoms with E-state index in [1.807, 2.05) is 18.2 Å². The molecule has 0 unspecified atom stereocenters. The zero-order chi connectivity index (χ0) is 16.8. The van der Waals surface area contributed by atoms with Crippen LogP contribution in [0.4, 0.5) is 4.39 Å². The normalized spacial score (nSPS) is 10.5. The van der Waals surface area contributed by atoms with Gasteiger partial charge in [-0.2, -0.15) is 0 Å². The van der Waals surface area contributed by atoms with Gasteiger partial charge in [-0.05, 0) is 42.0 Å². The maximum Gasteiger partial charge on any atom is 0.230 e. The molecule has 0 bridgehead atoms. The quantitative estimate of drug-likeness (QED) is 0.676. The Morgan fingerprint density at radius 2 is 2.00 bits per heavy atom. The van der Waals surface area contributed by atoms with Crippen LogP contribution in [0.1, 0.15) is 5.69 Å². The predicted octanol–water partition coefficient (Wildman–Crippen LogP) is 3.02. The summed E-state index contributed by atoms with van der Waals surface area (Å²) in [5.74, 6) is -0.119. The van der Waals surface area contributed by atoms with Crippen molar-refractivity contribution < 1.29 is 9.18 Å². The first-order valence-corrected chi connectivity index (χ1v) is 8.29. The third kappa shape index (κ3) is 4.42. The first-order valence-electron chi connectivity index (χ1n) is 7.31. The molecule has 0 aliphatic rings. The van der Waals surface area contributed by atoms with E-state index in [0.717, 1.165) is 17.0 Å². The molecule has 2 heterocycles. The number of aromatic nitrogens is 3. The Kier molecular flexibility index (Phi) is 5.22. The van der Waals surface area contributed by atoms with Crippen LogP contribution in [0.3, 0.4) is 0 Å². The molecule has 0 saturated heterocycles. The molecule has 5 nitrogen and oxygen atoms in total. The van der Waals surface area contributed by atoms with Crippen LogP contribution in [0.15, 0.2) is 60.0 Å². The Balaban J connectivity index is 1.50. The smallest absolute Gasteiger partial charge is 0.230 e. The summed E-state index contributed by atoms with van der Waals surface area (Å²) in [7, 11) is 0. The minimum absolute atomic E-state index is 0.0922. The summed E-state index contributed by atoms with van der Waals surface area (Å²) in [6.07, 6.45) is 3.36. The van der Waals surface area contributed by atoms with Gasteiger partial charge in [0, 0.05) is 6.20 Å². The number of hydrogen-bond acceptors (Lipinski definition) is 4.